The van der Waals surface area contributed by atoms with E-state index in [-0.39, 0.29) is 33.2 Å². The molecule has 6 aromatic carbocycles. The van der Waals surface area contributed by atoms with Crippen LogP contribution in [0.1, 0.15) is 0 Å². The molecule has 0 aliphatic rings. The third kappa shape index (κ3) is 13.7. The Morgan fingerprint density at radius 1 is 0.468 bits per heavy atom. The van der Waals surface area contributed by atoms with Crippen molar-refractivity contribution in [1.29, 1.82) is 0 Å². The summed E-state index contributed by atoms with van der Waals surface area (Å²) in [6.45, 7) is 7.85. The molecule has 0 fully saturated rings. The molecule has 0 saturated carbocycles. The van der Waals surface area contributed by atoms with Crippen molar-refractivity contribution >= 4 is 27.0 Å². The molecule has 0 heterocycles. The summed E-state index contributed by atoms with van der Waals surface area (Å²) in [6, 6.07) is 48.2. The van der Waals surface area contributed by atoms with Crippen molar-refractivity contribution in [3.05, 3.63) is 181 Å². The fourth-order valence-electron chi connectivity index (χ4n) is 4.01. The van der Waals surface area contributed by atoms with E-state index in [1.54, 1.807) is 0 Å². The molecule has 2 nitrogen and oxygen atoms in total. The van der Waals surface area contributed by atoms with Gasteiger partial charge in [0.1, 0.15) is 0 Å². The van der Waals surface area contributed by atoms with Crippen molar-refractivity contribution < 1.29 is 48.1 Å². The van der Waals surface area contributed by atoms with Crippen molar-refractivity contribution in [2.24, 2.45) is 0 Å². The zero-order valence-corrected chi connectivity index (χ0v) is 30.2. The van der Waals surface area contributed by atoms with Gasteiger partial charge in [0.15, 0.2) is 0 Å². The first-order valence-corrected chi connectivity index (χ1v) is 20.4. The third-order valence-electron chi connectivity index (χ3n) is 6.43. The zero-order chi connectivity index (χ0) is 33.4. The van der Waals surface area contributed by atoms with Gasteiger partial charge in [-0.25, -0.2) is 41.8 Å². The summed E-state index contributed by atoms with van der Waals surface area (Å²) < 4.78 is 64.0. The van der Waals surface area contributed by atoms with Crippen LogP contribution in [0.15, 0.2) is 146 Å². The summed E-state index contributed by atoms with van der Waals surface area (Å²) in [5.41, 5.74) is 0. The minimum absolute atomic E-state index is 0. The minimum Gasteiger partial charge on any atom is -0.597 e. The monoisotopic (exact) mass is 704 g/mol. The van der Waals surface area contributed by atoms with Gasteiger partial charge in [0.05, 0.1) is 11.6 Å². The quantitative estimate of drug-likeness (QED) is 0.0978. The molecular weight excluding hydrogens is 668 g/mol. The van der Waals surface area contributed by atoms with Crippen LogP contribution in [0, 0.1) is 35.4 Å². The Labute approximate surface area is 292 Å². The smallest absolute Gasteiger partial charge is 0.597 e. The molecule has 0 amide bonds. The Morgan fingerprint density at radius 3 is 1.04 bits per heavy atom. The molecule has 0 spiro atoms. The molecule has 0 aromatic heterocycles. The summed E-state index contributed by atoms with van der Waals surface area (Å²) in [5, 5.41) is 2.10. The molecule has 0 atom stereocenters. The van der Waals surface area contributed by atoms with Crippen LogP contribution in [-0.4, -0.2) is 16.6 Å². The van der Waals surface area contributed by atoms with E-state index in [0.717, 1.165) is 22.5 Å². The van der Waals surface area contributed by atoms with Crippen molar-refractivity contribution in [2.45, 2.75) is 26.2 Å². The van der Waals surface area contributed by atoms with Crippen molar-refractivity contribution in [1.82, 2.24) is 0 Å². The fraction of sp³-hybridized carbons (Fsp3) is 0.105. The maximum absolute atomic E-state index is 13.5. The standard InChI is InChI=1S/2C14H13F2OSi.2C5H5.Ti/c2*1-18(2,12-6-4-3-5-7-12)17-14-9-8-11(15)10-13(14)16;2*1-2-4-5-3-1;/h2*3-9H,1-2H3;2*1-5H;/q4*-1;+4. The molecule has 0 radical (unpaired) electrons. The maximum Gasteiger partial charge on any atom is 4.00 e. The van der Waals surface area contributed by atoms with Gasteiger partial charge in [-0.15, -0.1) is 36.4 Å². The van der Waals surface area contributed by atoms with Crippen molar-refractivity contribution in [3.63, 3.8) is 0 Å². The van der Waals surface area contributed by atoms with E-state index in [1.807, 2.05) is 160 Å². The fourth-order valence-corrected chi connectivity index (χ4v) is 7.65. The summed E-state index contributed by atoms with van der Waals surface area (Å²) >= 11 is 0. The third-order valence-corrected chi connectivity index (χ3v) is 11.3. The topological polar surface area (TPSA) is 18.5 Å². The molecule has 0 N–H and O–H groups in total. The van der Waals surface area contributed by atoms with E-state index >= 15 is 0 Å². The Hall–Kier alpha value is -3.95. The average molecular weight is 705 g/mol. The van der Waals surface area contributed by atoms with E-state index in [1.165, 1.54) is 12.1 Å². The summed E-state index contributed by atoms with van der Waals surface area (Å²) in [4.78, 5) is 0. The molecule has 0 bridgehead atoms. The largest absolute Gasteiger partial charge is 4.00 e. The molecule has 0 saturated heterocycles. The van der Waals surface area contributed by atoms with Crippen molar-refractivity contribution in [3.8, 4) is 11.5 Å². The van der Waals surface area contributed by atoms with Gasteiger partial charge < -0.3 is 8.85 Å². The molecule has 0 unspecified atom stereocenters. The first-order valence-electron chi connectivity index (χ1n) is 14.5. The van der Waals surface area contributed by atoms with Crippen LogP contribution in [0.4, 0.5) is 17.6 Å². The van der Waals surface area contributed by atoms with Gasteiger partial charge in [0.25, 0.3) is 16.6 Å². The minimum atomic E-state index is -2.25. The number of hydrogen-bond donors (Lipinski definition) is 0. The van der Waals surface area contributed by atoms with Crippen LogP contribution >= 0.6 is 0 Å². The van der Waals surface area contributed by atoms with Gasteiger partial charge in [-0.1, -0.05) is 60.7 Å². The second-order valence-electron chi connectivity index (χ2n) is 10.9. The van der Waals surface area contributed by atoms with E-state index in [9.17, 15) is 17.6 Å². The van der Waals surface area contributed by atoms with Gasteiger partial charge in [-0.05, 0) is 36.6 Å². The van der Waals surface area contributed by atoms with Gasteiger partial charge in [0.2, 0.25) is 0 Å². The Balaban J connectivity index is 0.000000248. The second kappa shape index (κ2) is 19.6. The Bertz CT molecular complexity index is 1520. The molecule has 240 valence electrons. The SMILES string of the molecule is C[Si](C)(Oc1ccc(F)[c-]c1F)c1ccccc1.C[Si](C)(Oc1ccc(F)[c-]c1F)c1ccccc1.[Ti+4].c1cc[cH-]c1.c1cc[cH-]c1. The van der Waals surface area contributed by atoms with Gasteiger partial charge in [0, 0.05) is 23.1 Å². The Kier molecular flexibility index (Phi) is 16.4. The summed E-state index contributed by atoms with van der Waals surface area (Å²) in [5.74, 6) is -2.91. The molecular formula is C38H36F4O2Si2Ti. The van der Waals surface area contributed by atoms with Crippen molar-refractivity contribution in [2.75, 3.05) is 0 Å². The number of halogens is 4. The second-order valence-corrected chi connectivity index (χ2v) is 18.5. The molecule has 6 rings (SSSR count). The van der Waals surface area contributed by atoms with Gasteiger partial charge in [-0.2, -0.15) is 36.4 Å². The average Bonchev–Trinajstić information content (AvgIpc) is 3.82. The Morgan fingerprint density at radius 2 is 0.787 bits per heavy atom. The zero-order valence-electron chi connectivity index (χ0n) is 26.7. The van der Waals surface area contributed by atoms with Crippen LogP contribution < -0.4 is 19.2 Å². The molecule has 47 heavy (non-hydrogen) atoms. The summed E-state index contributed by atoms with van der Waals surface area (Å²) in [6.07, 6.45) is 0. The van der Waals surface area contributed by atoms with E-state index in [0.29, 0.717) is 0 Å². The van der Waals surface area contributed by atoms with Gasteiger partial charge in [-0.3, -0.25) is 0 Å². The van der Waals surface area contributed by atoms with Gasteiger partial charge >= 0.3 is 21.7 Å². The van der Waals surface area contributed by atoms with E-state index in [4.69, 9.17) is 8.85 Å². The van der Waals surface area contributed by atoms with E-state index < -0.39 is 39.9 Å². The van der Waals surface area contributed by atoms with Crippen LogP contribution in [-0.2, 0) is 21.7 Å². The first kappa shape index (κ1) is 39.2. The van der Waals surface area contributed by atoms with Crippen LogP contribution in [0.5, 0.6) is 11.5 Å². The predicted molar refractivity (Wildman–Crippen MR) is 183 cm³/mol. The molecule has 0 aliphatic heterocycles. The summed E-state index contributed by atoms with van der Waals surface area (Å²) in [7, 11) is -4.50. The molecule has 0 aliphatic carbocycles. The van der Waals surface area contributed by atoms with Crippen LogP contribution in [0.2, 0.25) is 26.2 Å². The normalized spacial score (nSPS) is 10.4. The van der Waals surface area contributed by atoms with Crippen LogP contribution in [0.25, 0.3) is 0 Å². The number of rotatable bonds is 6. The number of benzene rings is 4. The van der Waals surface area contributed by atoms with Crippen LogP contribution in [0.3, 0.4) is 0 Å². The predicted octanol–water partition coefficient (Wildman–Crippen LogP) is 9.32. The molecule has 9 heteroatoms. The molecule has 6 aromatic rings. The van der Waals surface area contributed by atoms with E-state index in [2.05, 4.69) is 0 Å². The first-order chi connectivity index (χ1) is 22.0. The maximum atomic E-state index is 13.5. The number of hydrogen-bond acceptors (Lipinski definition) is 2.